The van der Waals surface area contributed by atoms with Crippen LogP contribution >= 0.6 is 12.4 Å². The highest BCUT2D eigenvalue weighted by Gasteiger charge is 2.26. The second-order valence-corrected chi connectivity index (χ2v) is 5.10. The van der Waals surface area contributed by atoms with E-state index >= 15 is 0 Å². The molecule has 1 fully saturated rings. The lowest BCUT2D eigenvalue weighted by Gasteiger charge is -2.07. The molecule has 2 heterocycles. The second-order valence-electron chi connectivity index (χ2n) is 5.10. The van der Waals surface area contributed by atoms with Gasteiger partial charge in [0.05, 0.1) is 24.1 Å². The molecule has 2 aromatic heterocycles. The number of hydrogen-bond acceptors (Lipinski definition) is 3. The molecule has 0 saturated heterocycles. The normalized spacial score (nSPS) is 14.3. The first-order valence-corrected chi connectivity index (χ1v) is 6.40. The number of aryl methyl sites for hydroxylation is 3. The zero-order chi connectivity index (χ0) is 12.7. The van der Waals surface area contributed by atoms with Crippen molar-refractivity contribution in [3.05, 3.63) is 29.2 Å². The minimum absolute atomic E-state index is 0. The van der Waals surface area contributed by atoms with E-state index in [-0.39, 0.29) is 12.4 Å². The Morgan fingerprint density at radius 2 is 2.05 bits per heavy atom. The summed E-state index contributed by atoms with van der Waals surface area (Å²) in [7, 11) is 3.97. The molecule has 19 heavy (non-hydrogen) atoms. The van der Waals surface area contributed by atoms with Crippen molar-refractivity contribution in [2.75, 3.05) is 5.32 Å². The van der Waals surface area contributed by atoms with Crippen LogP contribution in [0.15, 0.2) is 12.3 Å². The predicted molar refractivity (Wildman–Crippen MR) is 77.7 cm³/mol. The summed E-state index contributed by atoms with van der Waals surface area (Å²) in [4.78, 5) is 0. The van der Waals surface area contributed by atoms with Gasteiger partial charge in [-0.15, -0.1) is 12.4 Å². The lowest BCUT2D eigenvalue weighted by atomic mass is 10.2. The van der Waals surface area contributed by atoms with Crippen LogP contribution in [-0.2, 0) is 20.6 Å². The summed E-state index contributed by atoms with van der Waals surface area (Å²) >= 11 is 0. The van der Waals surface area contributed by atoms with Crippen molar-refractivity contribution >= 4 is 18.2 Å². The maximum absolute atomic E-state index is 4.55. The quantitative estimate of drug-likeness (QED) is 0.936. The molecule has 0 aliphatic heterocycles. The summed E-state index contributed by atoms with van der Waals surface area (Å²) in [6.07, 6.45) is 4.48. The summed E-state index contributed by atoms with van der Waals surface area (Å²) in [6.45, 7) is 2.87. The lowest BCUT2D eigenvalue weighted by molar-refractivity contribution is 0.709. The van der Waals surface area contributed by atoms with Crippen LogP contribution in [0.4, 0.5) is 5.82 Å². The van der Waals surface area contributed by atoms with Crippen molar-refractivity contribution in [1.29, 1.82) is 0 Å². The monoisotopic (exact) mass is 281 g/mol. The Hall–Kier alpha value is -1.49. The third kappa shape index (κ3) is 2.76. The molecule has 0 unspecified atom stereocenters. The number of nitrogens with zero attached hydrogens (tertiary/aromatic N) is 4. The minimum atomic E-state index is 0. The van der Waals surface area contributed by atoms with Crippen molar-refractivity contribution in [2.45, 2.75) is 32.2 Å². The van der Waals surface area contributed by atoms with Crippen LogP contribution in [0.25, 0.3) is 0 Å². The van der Waals surface area contributed by atoms with Crippen LogP contribution in [0.2, 0.25) is 0 Å². The number of nitrogens with one attached hydrogen (secondary N) is 1. The van der Waals surface area contributed by atoms with E-state index in [1.807, 2.05) is 29.7 Å². The average Bonchev–Trinajstić information content (AvgIpc) is 3.06. The molecule has 0 amide bonds. The maximum atomic E-state index is 4.55. The second kappa shape index (κ2) is 5.25. The van der Waals surface area contributed by atoms with E-state index in [9.17, 15) is 0 Å². The Labute approximate surface area is 119 Å². The maximum Gasteiger partial charge on any atom is 0.124 e. The molecule has 1 saturated carbocycles. The van der Waals surface area contributed by atoms with Crippen LogP contribution in [-0.4, -0.2) is 19.6 Å². The largest absolute Gasteiger partial charge is 0.365 e. The number of hydrogen-bond donors (Lipinski definition) is 1. The van der Waals surface area contributed by atoms with Gasteiger partial charge in [-0.3, -0.25) is 9.36 Å². The molecule has 1 N–H and O–H groups in total. The molecule has 0 bridgehead atoms. The average molecular weight is 282 g/mol. The smallest absolute Gasteiger partial charge is 0.124 e. The van der Waals surface area contributed by atoms with Crippen LogP contribution < -0.4 is 5.32 Å². The summed E-state index contributed by atoms with van der Waals surface area (Å²) in [5, 5.41) is 12.2. The molecule has 5 nitrogen and oxygen atoms in total. The van der Waals surface area contributed by atoms with Gasteiger partial charge in [-0.05, 0) is 25.3 Å². The standard InChI is InChI=1S/C13H19N5.ClH/c1-9-7-15-17(2)12(9)8-14-13-6-11(10-4-5-10)16-18(13)3;/h6-7,10,14H,4-5,8H2,1-3H3;1H. The van der Waals surface area contributed by atoms with E-state index < -0.39 is 0 Å². The van der Waals surface area contributed by atoms with Crippen LogP contribution in [0.3, 0.4) is 0 Å². The molecule has 0 spiro atoms. The summed E-state index contributed by atoms with van der Waals surface area (Å²) in [5.41, 5.74) is 3.65. The summed E-state index contributed by atoms with van der Waals surface area (Å²) in [5.74, 6) is 1.78. The molecule has 1 aliphatic rings. The zero-order valence-corrected chi connectivity index (χ0v) is 12.4. The SMILES string of the molecule is Cc1cnn(C)c1CNc1cc(C2CC2)nn1C.Cl. The van der Waals surface area contributed by atoms with Gasteiger partial charge in [0.25, 0.3) is 0 Å². The fraction of sp³-hybridized carbons (Fsp3) is 0.538. The fourth-order valence-corrected chi connectivity index (χ4v) is 2.23. The van der Waals surface area contributed by atoms with Gasteiger partial charge in [0.1, 0.15) is 5.82 Å². The Kier molecular flexibility index (Phi) is 3.85. The first-order chi connectivity index (χ1) is 8.65. The van der Waals surface area contributed by atoms with Gasteiger partial charge in [0.2, 0.25) is 0 Å². The van der Waals surface area contributed by atoms with Crippen LogP contribution in [0.1, 0.15) is 35.7 Å². The van der Waals surface area contributed by atoms with E-state index in [4.69, 9.17) is 0 Å². The Bertz CT molecular complexity index is 548. The van der Waals surface area contributed by atoms with Gasteiger partial charge >= 0.3 is 0 Å². The molecule has 3 rings (SSSR count). The van der Waals surface area contributed by atoms with E-state index in [1.165, 1.54) is 29.8 Å². The van der Waals surface area contributed by atoms with Crippen LogP contribution in [0, 0.1) is 6.92 Å². The van der Waals surface area contributed by atoms with Crippen LogP contribution in [0.5, 0.6) is 0 Å². The zero-order valence-electron chi connectivity index (χ0n) is 11.6. The van der Waals surface area contributed by atoms with Crippen molar-refractivity contribution < 1.29 is 0 Å². The highest BCUT2D eigenvalue weighted by molar-refractivity contribution is 5.85. The van der Waals surface area contributed by atoms with Gasteiger partial charge in [-0.25, -0.2) is 0 Å². The van der Waals surface area contributed by atoms with E-state index in [1.54, 1.807) is 0 Å². The summed E-state index contributed by atoms with van der Waals surface area (Å²) in [6, 6.07) is 2.17. The van der Waals surface area contributed by atoms with Gasteiger partial charge in [0.15, 0.2) is 0 Å². The van der Waals surface area contributed by atoms with Crippen molar-refractivity contribution in [3.63, 3.8) is 0 Å². The van der Waals surface area contributed by atoms with Gasteiger partial charge in [0, 0.05) is 26.1 Å². The van der Waals surface area contributed by atoms with E-state index in [0.717, 1.165) is 12.4 Å². The lowest BCUT2D eigenvalue weighted by Crippen LogP contribution is -2.09. The number of rotatable bonds is 4. The molecule has 0 aromatic carbocycles. The third-order valence-corrected chi connectivity index (χ3v) is 3.60. The summed E-state index contributed by atoms with van der Waals surface area (Å²) < 4.78 is 3.85. The highest BCUT2D eigenvalue weighted by atomic mass is 35.5. The number of halogens is 1. The van der Waals surface area contributed by atoms with E-state index in [0.29, 0.717) is 5.92 Å². The molecular weight excluding hydrogens is 262 g/mol. The highest BCUT2D eigenvalue weighted by Crippen LogP contribution is 2.39. The van der Waals surface area contributed by atoms with E-state index in [2.05, 4.69) is 28.5 Å². The first kappa shape index (κ1) is 13.9. The third-order valence-electron chi connectivity index (χ3n) is 3.60. The molecule has 104 valence electrons. The Balaban J connectivity index is 0.00000133. The molecule has 6 heteroatoms. The number of anilines is 1. The van der Waals surface area contributed by atoms with Crippen molar-refractivity contribution in [3.8, 4) is 0 Å². The Morgan fingerprint density at radius 3 is 2.63 bits per heavy atom. The predicted octanol–water partition coefficient (Wildman–Crippen LogP) is 2.37. The topological polar surface area (TPSA) is 47.7 Å². The minimum Gasteiger partial charge on any atom is -0.365 e. The Morgan fingerprint density at radius 1 is 1.32 bits per heavy atom. The molecule has 0 atom stereocenters. The van der Waals surface area contributed by atoms with Gasteiger partial charge in [-0.1, -0.05) is 0 Å². The molecule has 1 aliphatic carbocycles. The molecular formula is C13H20ClN5. The van der Waals surface area contributed by atoms with Crippen molar-refractivity contribution in [1.82, 2.24) is 19.6 Å². The molecule has 0 radical (unpaired) electrons. The molecule has 2 aromatic rings. The van der Waals surface area contributed by atoms with Gasteiger partial charge in [-0.2, -0.15) is 10.2 Å². The fourth-order valence-electron chi connectivity index (χ4n) is 2.23. The van der Waals surface area contributed by atoms with Gasteiger partial charge < -0.3 is 5.32 Å². The first-order valence-electron chi connectivity index (χ1n) is 6.40. The number of aromatic nitrogens is 4. The van der Waals surface area contributed by atoms with Crippen molar-refractivity contribution in [2.24, 2.45) is 14.1 Å².